The minimum absolute atomic E-state index is 0.318. The highest BCUT2D eigenvalue weighted by Gasteiger charge is 2.44. The molecule has 0 atom stereocenters. The van der Waals surface area contributed by atoms with E-state index in [0.29, 0.717) is 10.4 Å². The van der Waals surface area contributed by atoms with E-state index in [1.54, 1.807) is 0 Å². The van der Waals surface area contributed by atoms with Gasteiger partial charge in [-0.1, -0.05) is 48.6 Å². The molecule has 1 aliphatic carbocycles. The lowest BCUT2D eigenvalue weighted by Crippen LogP contribution is -2.32. The fourth-order valence-corrected chi connectivity index (χ4v) is 3.50. The van der Waals surface area contributed by atoms with Crippen LogP contribution < -0.4 is 10.6 Å². The van der Waals surface area contributed by atoms with E-state index in [9.17, 15) is 0 Å². The summed E-state index contributed by atoms with van der Waals surface area (Å²) in [4.78, 5) is 3.13. The molecule has 1 fully saturated rings. The summed E-state index contributed by atoms with van der Waals surface area (Å²) in [5.41, 5.74) is 7.42. The zero-order valence-electron chi connectivity index (χ0n) is 12.5. The van der Waals surface area contributed by atoms with Gasteiger partial charge in [-0.15, -0.1) is 0 Å². The number of hydrogen-bond acceptors (Lipinski definition) is 2. The number of nitrogens with two attached hydrogens (primary N) is 1. The Morgan fingerprint density at radius 2 is 1.90 bits per heavy atom. The Morgan fingerprint density at radius 1 is 1.19 bits per heavy atom. The molecule has 0 unspecified atom stereocenters. The number of rotatable bonds is 6. The van der Waals surface area contributed by atoms with E-state index >= 15 is 0 Å². The molecule has 2 nitrogen and oxygen atoms in total. The van der Waals surface area contributed by atoms with Gasteiger partial charge in [-0.25, -0.2) is 0 Å². The van der Waals surface area contributed by atoms with Gasteiger partial charge in [0.1, 0.15) is 0 Å². The maximum atomic E-state index is 5.78. The monoisotopic (exact) mass is 298 g/mol. The first-order valence-corrected chi connectivity index (χ1v) is 8.05. The molecule has 3 rings (SSSR count). The second-order valence-corrected chi connectivity index (χ2v) is 6.68. The third kappa shape index (κ3) is 3.03. The molecule has 21 heavy (non-hydrogen) atoms. The van der Waals surface area contributed by atoms with Crippen molar-refractivity contribution in [3.63, 3.8) is 0 Å². The Balaban J connectivity index is 1.90. The number of benzene rings is 2. The van der Waals surface area contributed by atoms with Crippen LogP contribution in [-0.4, -0.2) is 18.1 Å². The van der Waals surface area contributed by atoms with Gasteiger partial charge in [-0.05, 0) is 36.6 Å². The molecule has 3 heteroatoms. The molecule has 1 aliphatic rings. The third-order valence-electron chi connectivity index (χ3n) is 4.52. The summed E-state index contributed by atoms with van der Waals surface area (Å²) >= 11 is 5.13. The van der Waals surface area contributed by atoms with Gasteiger partial charge < -0.3 is 10.6 Å². The van der Waals surface area contributed by atoms with Crippen molar-refractivity contribution in [3.8, 4) is 0 Å². The van der Waals surface area contributed by atoms with Crippen molar-refractivity contribution in [2.45, 2.75) is 26.2 Å². The van der Waals surface area contributed by atoms with Crippen LogP contribution in [0.15, 0.2) is 42.5 Å². The fourth-order valence-electron chi connectivity index (χ4n) is 3.19. The smallest absolute Gasteiger partial charge is 0.0733 e. The molecule has 110 valence electrons. The first-order chi connectivity index (χ1) is 10.1. The van der Waals surface area contributed by atoms with Crippen molar-refractivity contribution in [2.24, 2.45) is 11.1 Å². The van der Waals surface area contributed by atoms with Crippen molar-refractivity contribution in [3.05, 3.63) is 42.5 Å². The first-order valence-electron chi connectivity index (χ1n) is 7.65. The summed E-state index contributed by atoms with van der Waals surface area (Å²) in [5, 5.41) is 2.63. The predicted molar refractivity (Wildman–Crippen MR) is 94.9 cm³/mol. The fraction of sp³-hybridized carbons (Fsp3) is 0.389. The molecule has 0 spiro atoms. The zero-order valence-corrected chi connectivity index (χ0v) is 13.3. The second-order valence-electron chi connectivity index (χ2n) is 6.16. The summed E-state index contributed by atoms with van der Waals surface area (Å²) in [6, 6.07) is 15.1. The summed E-state index contributed by atoms with van der Waals surface area (Å²) in [7, 11) is 0. The van der Waals surface area contributed by atoms with E-state index in [1.165, 1.54) is 29.3 Å². The van der Waals surface area contributed by atoms with Crippen LogP contribution in [-0.2, 0) is 0 Å². The molecule has 2 aromatic rings. The van der Waals surface area contributed by atoms with Crippen molar-refractivity contribution in [1.82, 2.24) is 0 Å². The van der Waals surface area contributed by atoms with E-state index in [-0.39, 0.29) is 0 Å². The maximum absolute atomic E-state index is 5.78. The van der Waals surface area contributed by atoms with Crippen molar-refractivity contribution < 1.29 is 0 Å². The summed E-state index contributed by atoms with van der Waals surface area (Å²) < 4.78 is 0. The largest absolute Gasteiger partial charge is 0.393 e. The first kappa shape index (κ1) is 14.3. The second kappa shape index (κ2) is 5.64. The maximum Gasteiger partial charge on any atom is 0.0733 e. The lowest BCUT2D eigenvalue weighted by Gasteiger charge is -2.29. The average molecular weight is 298 g/mol. The van der Waals surface area contributed by atoms with Gasteiger partial charge in [0.2, 0.25) is 0 Å². The van der Waals surface area contributed by atoms with Crippen LogP contribution in [0, 0.1) is 5.41 Å². The Hall–Kier alpha value is -1.61. The van der Waals surface area contributed by atoms with Crippen LogP contribution in [0.3, 0.4) is 0 Å². The number of hydrogen-bond donors (Lipinski definition) is 1. The molecule has 2 N–H and O–H groups in total. The lowest BCUT2D eigenvalue weighted by molar-refractivity contribution is 0.522. The molecule has 0 heterocycles. The van der Waals surface area contributed by atoms with Crippen LogP contribution >= 0.6 is 12.2 Å². The highest BCUT2D eigenvalue weighted by molar-refractivity contribution is 7.80. The number of anilines is 1. The minimum atomic E-state index is 0.318. The average Bonchev–Trinajstić information content (AvgIpc) is 3.23. The quantitative estimate of drug-likeness (QED) is 0.813. The van der Waals surface area contributed by atoms with Gasteiger partial charge in [-0.3, -0.25) is 0 Å². The molecular formula is C18H22N2S. The molecule has 0 aromatic heterocycles. The minimum Gasteiger partial charge on any atom is -0.393 e. The van der Waals surface area contributed by atoms with E-state index in [4.69, 9.17) is 18.0 Å². The predicted octanol–water partition coefficient (Wildman–Crippen LogP) is 4.12. The van der Waals surface area contributed by atoms with Gasteiger partial charge >= 0.3 is 0 Å². The van der Waals surface area contributed by atoms with Gasteiger partial charge in [-0.2, -0.15) is 0 Å². The normalized spacial score (nSPS) is 15.9. The molecule has 0 radical (unpaired) electrons. The summed E-state index contributed by atoms with van der Waals surface area (Å²) in [6.07, 6.45) is 3.36. The van der Waals surface area contributed by atoms with E-state index in [2.05, 4.69) is 54.3 Å². The van der Waals surface area contributed by atoms with Crippen LogP contribution in [0.2, 0.25) is 0 Å². The SMILES string of the molecule is CCN(CC1(CC(N)=S)CC1)c1cccc2ccccc12. The van der Waals surface area contributed by atoms with Gasteiger partial charge in [0.15, 0.2) is 0 Å². The Kier molecular flexibility index (Phi) is 3.85. The highest BCUT2D eigenvalue weighted by atomic mass is 32.1. The Morgan fingerprint density at radius 3 is 2.57 bits per heavy atom. The number of fused-ring (bicyclic) bond motifs is 1. The van der Waals surface area contributed by atoms with E-state index in [0.717, 1.165) is 19.5 Å². The molecule has 1 saturated carbocycles. The zero-order chi connectivity index (χ0) is 14.9. The van der Waals surface area contributed by atoms with Gasteiger partial charge in [0.25, 0.3) is 0 Å². The van der Waals surface area contributed by atoms with Crippen LogP contribution in [0.4, 0.5) is 5.69 Å². The van der Waals surface area contributed by atoms with Crippen LogP contribution in [0.25, 0.3) is 10.8 Å². The molecule has 0 saturated heterocycles. The Bertz CT molecular complexity index is 656. The number of nitrogens with zero attached hydrogens (tertiary/aromatic N) is 1. The highest BCUT2D eigenvalue weighted by Crippen LogP contribution is 2.50. The van der Waals surface area contributed by atoms with Gasteiger partial charge in [0, 0.05) is 30.6 Å². The molecule has 0 bridgehead atoms. The van der Waals surface area contributed by atoms with Crippen LogP contribution in [0.1, 0.15) is 26.2 Å². The van der Waals surface area contributed by atoms with Crippen molar-refractivity contribution in [1.29, 1.82) is 0 Å². The summed E-state index contributed by atoms with van der Waals surface area (Å²) in [5.74, 6) is 0. The molecule has 0 amide bonds. The topological polar surface area (TPSA) is 29.3 Å². The molecule has 2 aromatic carbocycles. The third-order valence-corrected chi connectivity index (χ3v) is 4.67. The van der Waals surface area contributed by atoms with Crippen molar-refractivity contribution >= 4 is 33.7 Å². The van der Waals surface area contributed by atoms with Gasteiger partial charge in [0.05, 0.1) is 4.99 Å². The molecule has 0 aliphatic heterocycles. The summed E-state index contributed by atoms with van der Waals surface area (Å²) in [6.45, 7) is 4.28. The van der Waals surface area contributed by atoms with Crippen molar-refractivity contribution in [2.75, 3.05) is 18.0 Å². The lowest BCUT2D eigenvalue weighted by atomic mass is 10.0. The standard InChI is InChI=1S/C18H22N2S/c1-2-20(13-18(10-11-18)12-17(19)21)16-9-5-7-14-6-3-4-8-15(14)16/h3-9H,2,10-13H2,1H3,(H2,19,21). The Labute approximate surface area is 131 Å². The van der Waals surface area contributed by atoms with Crippen LogP contribution in [0.5, 0.6) is 0 Å². The van der Waals surface area contributed by atoms with E-state index in [1.807, 2.05) is 0 Å². The molecular weight excluding hydrogens is 276 g/mol. The number of thiocarbonyl (C=S) groups is 1. The van der Waals surface area contributed by atoms with E-state index < -0.39 is 0 Å².